The van der Waals surface area contributed by atoms with Gasteiger partial charge in [0.05, 0.1) is 14.2 Å². The van der Waals surface area contributed by atoms with Gasteiger partial charge < -0.3 is 9.47 Å². The van der Waals surface area contributed by atoms with Gasteiger partial charge in [0.15, 0.2) is 0 Å². The molecule has 1 unspecified atom stereocenters. The lowest BCUT2D eigenvalue weighted by molar-refractivity contribution is 0.247. The lowest BCUT2D eigenvalue weighted by Crippen LogP contribution is -2.36. The number of sulfonamides is 1. The first-order valence-electron chi connectivity index (χ1n) is 8.53. The zero-order valence-electron chi connectivity index (χ0n) is 15.0. The predicted octanol–water partition coefficient (Wildman–Crippen LogP) is 2.88. The van der Waals surface area contributed by atoms with Crippen LogP contribution in [0.15, 0.2) is 39.9 Å². The van der Waals surface area contributed by atoms with Crippen molar-refractivity contribution in [3.05, 3.63) is 40.6 Å². The van der Waals surface area contributed by atoms with E-state index in [0.717, 1.165) is 31.5 Å². The molecule has 0 bridgehead atoms. The van der Waals surface area contributed by atoms with Gasteiger partial charge in [-0.15, -0.1) is 0 Å². The first-order valence-corrected chi connectivity index (χ1v) is 11.0. The summed E-state index contributed by atoms with van der Waals surface area (Å²) in [5.74, 6) is 0.819. The summed E-state index contributed by atoms with van der Waals surface area (Å²) in [6.07, 6.45) is 2.30. The highest BCUT2D eigenvalue weighted by Gasteiger charge is 2.27. The second kappa shape index (κ2) is 8.39. The molecule has 1 N–H and O–H groups in total. The van der Waals surface area contributed by atoms with Crippen LogP contribution in [0.3, 0.4) is 0 Å². The Labute approximate surface area is 158 Å². The van der Waals surface area contributed by atoms with Gasteiger partial charge in [-0.25, -0.2) is 13.1 Å². The molecule has 3 rings (SSSR count). The molecule has 1 aliphatic heterocycles. The first-order chi connectivity index (χ1) is 12.5. The Hall–Kier alpha value is -1.61. The van der Waals surface area contributed by atoms with Gasteiger partial charge >= 0.3 is 0 Å². The van der Waals surface area contributed by atoms with Gasteiger partial charge in [0.25, 0.3) is 0 Å². The summed E-state index contributed by atoms with van der Waals surface area (Å²) in [4.78, 5) is 2.46. The van der Waals surface area contributed by atoms with Crippen LogP contribution in [0, 0.1) is 0 Å². The van der Waals surface area contributed by atoms with Crippen LogP contribution in [0.5, 0.6) is 11.5 Å². The zero-order valence-corrected chi connectivity index (χ0v) is 16.6. The van der Waals surface area contributed by atoms with Crippen molar-refractivity contribution in [3.8, 4) is 11.5 Å². The van der Waals surface area contributed by atoms with E-state index in [9.17, 15) is 8.42 Å². The summed E-state index contributed by atoms with van der Waals surface area (Å²) in [6.45, 7) is 2.32. The first kappa shape index (κ1) is 19.2. The van der Waals surface area contributed by atoms with Crippen molar-refractivity contribution in [2.75, 3.05) is 33.9 Å². The fourth-order valence-electron chi connectivity index (χ4n) is 3.24. The summed E-state index contributed by atoms with van der Waals surface area (Å²) < 4.78 is 38.9. The summed E-state index contributed by atoms with van der Waals surface area (Å²) >= 11 is 1.63. The zero-order chi connectivity index (χ0) is 18.6. The largest absolute Gasteiger partial charge is 0.497 e. The maximum absolute atomic E-state index is 12.9. The minimum atomic E-state index is -3.70. The Morgan fingerprint density at radius 2 is 1.96 bits per heavy atom. The number of nitrogens with one attached hydrogen (secondary N) is 1. The van der Waals surface area contributed by atoms with Crippen LogP contribution in [-0.2, 0) is 10.0 Å². The van der Waals surface area contributed by atoms with Crippen LogP contribution < -0.4 is 14.2 Å². The molecule has 2 heterocycles. The minimum Gasteiger partial charge on any atom is -0.497 e. The van der Waals surface area contributed by atoms with Gasteiger partial charge in [-0.05, 0) is 60.5 Å². The molecule has 142 valence electrons. The Morgan fingerprint density at radius 1 is 1.19 bits per heavy atom. The summed E-state index contributed by atoms with van der Waals surface area (Å²) in [5, 5.41) is 4.12. The van der Waals surface area contributed by atoms with Crippen molar-refractivity contribution >= 4 is 21.4 Å². The molecule has 1 aromatic carbocycles. The fraction of sp³-hybridized carbons (Fsp3) is 0.444. The normalized spacial score (nSPS) is 16.5. The Bertz CT molecular complexity index is 816. The number of rotatable bonds is 8. The topological polar surface area (TPSA) is 67.9 Å². The molecule has 0 aliphatic carbocycles. The van der Waals surface area contributed by atoms with E-state index < -0.39 is 10.0 Å². The highest BCUT2D eigenvalue weighted by molar-refractivity contribution is 7.89. The molecule has 0 saturated carbocycles. The number of methoxy groups -OCH3 is 2. The van der Waals surface area contributed by atoms with Gasteiger partial charge in [0.1, 0.15) is 16.4 Å². The number of likely N-dealkylation sites (tertiary alicyclic amines) is 1. The van der Waals surface area contributed by atoms with Gasteiger partial charge in [-0.1, -0.05) is 0 Å². The number of benzene rings is 1. The third-order valence-corrected chi connectivity index (χ3v) is 6.80. The van der Waals surface area contributed by atoms with Crippen LogP contribution in [0.4, 0.5) is 0 Å². The van der Waals surface area contributed by atoms with Crippen LogP contribution >= 0.6 is 11.3 Å². The van der Waals surface area contributed by atoms with Crippen molar-refractivity contribution < 1.29 is 17.9 Å². The molecule has 8 heteroatoms. The van der Waals surface area contributed by atoms with Crippen LogP contribution in [-0.4, -0.2) is 47.2 Å². The van der Waals surface area contributed by atoms with Gasteiger partial charge in [0, 0.05) is 18.7 Å². The highest BCUT2D eigenvalue weighted by Crippen LogP contribution is 2.30. The van der Waals surface area contributed by atoms with E-state index in [0.29, 0.717) is 12.3 Å². The number of nitrogens with zero attached hydrogens (tertiary/aromatic N) is 1. The van der Waals surface area contributed by atoms with Crippen LogP contribution in [0.2, 0.25) is 0 Å². The molecule has 1 aromatic heterocycles. The van der Waals surface area contributed by atoms with Gasteiger partial charge in [-0.3, -0.25) is 4.90 Å². The summed E-state index contributed by atoms with van der Waals surface area (Å²) in [7, 11) is -0.716. The minimum absolute atomic E-state index is 0.0442. The fourth-order valence-corrected chi connectivity index (χ4v) is 5.13. The van der Waals surface area contributed by atoms with Crippen molar-refractivity contribution in [1.29, 1.82) is 0 Å². The quantitative estimate of drug-likeness (QED) is 0.743. The third-order valence-electron chi connectivity index (χ3n) is 4.64. The SMILES string of the molecule is COc1ccc(S(=O)(=O)NCC(c2ccsc2)N2CCCC2)c(OC)c1. The molecule has 1 atom stereocenters. The maximum atomic E-state index is 12.9. The Balaban J connectivity index is 1.80. The monoisotopic (exact) mass is 396 g/mol. The molecule has 1 fully saturated rings. The van der Waals surface area contributed by atoms with E-state index in [-0.39, 0.29) is 16.7 Å². The highest BCUT2D eigenvalue weighted by atomic mass is 32.2. The van der Waals surface area contributed by atoms with E-state index in [1.54, 1.807) is 23.5 Å². The summed E-state index contributed by atoms with van der Waals surface area (Å²) in [6, 6.07) is 6.81. The molecule has 1 aliphatic rings. The van der Waals surface area contributed by atoms with E-state index in [1.165, 1.54) is 20.3 Å². The van der Waals surface area contributed by atoms with Crippen LogP contribution in [0.25, 0.3) is 0 Å². The number of ether oxygens (including phenoxy) is 2. The Morgan fingerprint density at radius 3 is 2.58 bits per heavy atom. The smallest absolute Gasteiger partial charge is 0.244 e. The molecular weight excluding hydrogens is 372 g/mol. The lowest BCUT2D eigenvalue weighted by Gasteiger charge is -2.27. The molecule has 2 aromatic rings. The van der Waals surface area contributed by atoms with Crippen molar-refractivity contribution in [1.82, 2.24) is 9.62 Å². The molecule has 26 heavy (non-hydrogen) atoms. The number of hydrogen-bond acceptors (Lipinski definition) is 6. The second-order valence-corrected chi connectivity index (χ2v) is 8.70. The van der Waals surface area contributed by atoms with E-state index >= 15 is 0 Å². The molecule has 0 amide bonds. The van der Waals surface area contributed by atoms with Gasteiger partial charge in [0.2, 0.25) is 10.0 Å². The second-order valence-electron chi connectivity index (χ2n) is 6.18. The van der Waals surface area contributed by atoms with Crippen molar-refractivity contribution in [3.63, 3.8) is 0 Å². The molecule has 0 radical (unpaired) electrons. The Kier molecular flexibility index (Phi) is 6.18. The number of hydrogen-bond donors (Lipinski definition) is 1. The van der Waals surface area contributed by atoms with E-state index in [2.05, 4.69) is 21.1 Å². The standard InChI is InChI=1S/C18H24N2O4S2/c1-23-15-5-6-18(17(11-15)24-2)26(21,22)19-12-16(14-7-10-25-13-14)20-8-3-4-9-20/h5-7,10-11,13,16,19H,3-4,8-9,12H2,1-2H3. The summed E-state index contributed by atoms with van der Waals surface area (Å²) in [5.41, 5.74) is 1.15. The average molecular weight is 397 g/mol. The predicted molar refractivity (Wildman–Crippen MR) is 103 cm³/mol. The number of thiophene rings is 1. The maximum Gasteiger partial charge on any atom is 0.244 e. The van der Waals surface area contributed by atoms with Gasteiger partial charge in [-0.2, -0.15) is 11.3 Å². The molecular formula is C18H24N2O4S2. The van der Waals surface area contributed by atoms with E-state index in [4.69, 9.17) is 9.47 Å². The lowest BCUT2D eigenvalue weighted by atomic mass is 10.1. The third kappa shape index (κ3) is 4.20. The molecule has 6 nitrogen and oxygen atoms in total. The van der Waals surface area contributed by atoms with Crippen LogP contribution in [0.1, 0.15) is 24.4 Å². The average Bonchev–Trinajstić information content (AvgIpc) is 3.35. The molecule has 1 saturated heterocycles. The van der Waals surface area contributed by atoms with Crippen molar-refractivity contribution in [2.45, 2.75) is 23.8 Å². The molecule has 0 spiro atoms. The van der Waals surface area contributed by atoms with Crippen molar-refractivity contribution in [2.24, 2.45) is 0 Å². The van der Waals surface area contributed by atoms with E-state index in [1.807, 2.05) is 5.38 Å².